The standard InChI is InChI=1S/C13H23N3/c1-3-9-16-10-8-14-13(16)15-11(2)12-6-4-5-7-12/h8,10-12H,3-7,9H2,1-2H3,(H,14,15). The number of hydrogen-bond donors (Lipinski definition) is 1. The Morgan fingerprint density at radius 1 is 1.50 bits per heavy atom. The fraction of sp³-hybridized carbons (Fsp3) is 0.769. The zero-order valence-electron chi connectivity index (χ0n) is 10.4. The van der Waals surface area contributed by atoms with Crippen LogP contribution in [0.4, 0.5) is 5.95 Å². The summed E-state index contributed by atoms with van der Waals surface area (Å²) in [6.07, 6.45) is 10.7. The molecule has 1 N–H and O–H groups in total. The van der Waals surface area contributed by atoms with Crippen LogP contribution >= 0.6 is 0 Å². The minimum absolute atomic E-state index is 0.556. The summed E-state index contributed by atoms with van der Waals surface area (Å²) in [7, 11) is 0. The fourth-order valence-corrected chi connectivity index (χ4v) is 2.65. The van der Waals surface area contributed by atoms with Crippen LogP contribution in [0.3, 0.4) is 0 Å². The lowest BCUT2D eigenvalue weighted by Crippen LogP contribution is -2.25. The number of aromatic nitrogens is 2. The van der Waals surface area contributed by atoms with E-state index < -0.39 is 0 Å². The number of nitrogens with zero attached hydrogens (tertiary/aromatic N) is 2. The molecule has 0 saturated heterocycles. The fourth-order valence-electron chi connectivity index (χ4n) is 2.65. The second-order valence-electron chi connectivity index (χ2n) is 4.92. The average molecular weight is 221 g/mol. The van der Waals surface area contributed by atoms with Gasteiger partial charge in [-0.3, -0.25) is 0 Å². The van der Waals surface area contributed by atoms with Gasteiger partial charge >= 0.3 is 0 Å². The van der Waals surface area contributed by atoms with E-state index in [0.717, 1.165) is 24.8 Å². The van der Waals surface area contributed by atoms with Crippen LogP contribution in [0.5, 0.6) is 0 Å². The third-order valence-corrected chi connectivity index (χ3v) is 3.64. The van der Waals surface area contributed by atoms with Crippen molar-refractivity contribution in [1.82, 2.24) is 9.55 Å². The van der Waals surface area contributed by atoms with Gasteiger partial charge in [0.25, 0.3) is 0 Å². The van der Waals surface area contributed by atoms with Crippen LogP contribution in [0.2, 0.25) is 0 Å². The summed E-state index contributed by atoms with van der Waals surface area (Å²) in [5.74, 6) is 1.88. The first-order valence-electron chi connectivity index (χ1n) is 6.59. The molecule has 0 amide bonds. The highest BCUT2D eigenvalue weighted by Crippen LogP contribution is 2.28. The van der Waals surface area contributed by atoms with Gasteiger partial charge in [0.15, 0.2) is 0 Å². The van der Waals surface area contributed by atoms with Crippen molar-refractivity contribution in [3.05, 3.63) is 12.4 Å². The SMILES string of the molecule is CCCn1ccnc1NC(C)C1CCCC1. The van der Waals surface area contributed by atoms with E-state index in [1.165, 1.54) is 25.7 Å². The maximum Gasteiger partial charge on any atom is 0.202 e. The first kappa shape index (κ1) is 11.5. The molecule has 1 fully saturated rings. The summed E-state index contributed by atoms with van der Waals surface area (Å²) in [5.41, 5.74) is 0. The van der Waals surface area contributed by atoms with Gasteiger partial charge in [0.2, 0.25) is 5.95 Å². The van der Waals surface area contributed by atoms with Crippen LogP contribution in [-0.4, -0.2) is 15.6 Å². The van der Waals surface area contributed by atoms with Crippen molar-refractivity contribution >= 4 is 5.95 Å². The van der Waals surface area contributed by atoms with E-state index in [-0.39, 0.29) is 0 Å². The van der Waals surface area contributed by atoms with Crippen molar-refractivity contribution in [3.8, 4) is 0 Å². The Hall–Kier alpha value is -0.990. The van der Waals surface area contributed by atoms with Gasteiger partial charge in [-0.1, -0.05) is 19.8 Å². The molecule has 2 rings (SSSR count). The Balaban J connectivity index is 1.94. The molecule has 0 spiro atoms. The Morgan fingerprint density at radius 3 is 2.94 bits per heavy atom. The van der Waals surface area contributed by atoms with Crippen LogP contribution < -0.4 is 5.32 Å². The normalized spacial score (nSPS) is 18.9. The highest BCUT2D eigenvalue weighted by atomic mass is 15.2. The second kappa shape index (κ2) is 5.37. The Bertz CT molecular complexity index is 313. The molecule has 1 aliphatic rings. The minimum Gasteiger partial charge on any atom is -0.353 e. The number of anilines is 1. The van der Waals surface area contributed by atoms with E-state index in [2.05, 4.69) is 34.9 Å². The monoisotopic (exact) mass is 221 g/mol. The topological polar surface area (TPSA) is 29.9 Å². The van der Waals surface area contributed by atoms with Gasteiger partial charge in [-0.15, -0.1) is 0 Å². The number of imidazole rings is 1. The van der Waals surface area contributed by atoms with Gasteiger partial charge in [0.05, 0.1) is 0 Å². The quantitative estimate of drug-likeness (QED) is 0.827. The first-order chi connectivity index (χ1) is 7.81. The zero-order chi connectivity index (χ0) is 11.4. The van der Waals surface area contributed by atoms with Crippen LogP contribution in [0, 0.1) is 5.92 Å². The Labute approximate surface area is 98.3 Å². The largest absolute Gasteiger partial charge is 0.353 e. The molecular formula is C13H23N3. The third-order valence-electron chi connectivity index (χ3n) is 3.64. The van der Waals surface area contributed by atoms with Gasteiger partial charge in [0.1, 0.15) is 0 Å². The van der Waals surface area contributed by atoms with Crippen LogP contribution in [-0.2, 0) is 6.54 Å². The van der Waals surface area contributed by atoms with Crippen molar-refractivity contribution < 1.29 is 0 Å². The lowest BCUT2D eigenvalue weighted by atomic mass is 10.0. The number of rotatable bonds is 5. The van der Waals surface area contributed by atoms with Crippen LogP contribution in [0.25, 0.3) is 0 Å². The minimum atomic E-state index is 0.556. The molecule has 3 nitrogen and oxygen atoms in total. The maximum atomic E-state index is 4.40. The van der Waals surface area contributed by atoms with Crippen molar-refractivity contribution in [2.24, 2.45) is 5.92 Å². The summed E-state index contributed by atoms with van der Waals surface area (Å²) in [6.45, 7) is 5.55. The number of hydrogen-bond acceptors (Lipinski definition) is 2. The van der Waals surface area contributed by atoms with E-state index in [9.17, 15) is 0 Å². The highest BCUT2D eigenvalue weighted by molar-refractivity contribution is 5.27. The summed E-state index contributed by atoms with van der Waals surface area (Å²) in [4.78, 5) is 4.40. The van der Waals surface area contributed by atoms with E-state index >= 15 is 0 Å². The molecule has 1 saturated carbocycles. The Morgan fingerprint density at radius 2 is 2.25 bits per heavy atom. The molecule has 1 heterocycles. The molecule has 0 radical (unpaired) electrons. The lowest BCUT2D eigenvalue weighted by Gasteiger charge is -2.21. The number of nitrogens with one attached hydrogen (secondary N) is 1. The molecule has 1 unspecified atom stereocenters. The van der Waals surface area contributed by atoms with Crippen molar-refractivity contribution in [2.75, 3.05) is 5.32 Å². The molecule has 1 atom stereocenters. The van der Waals surface area contributed by atoms with E-state index in [4.69, 9.17) is 0 Å². The van der Waals surface area contributed by atoms with E-state index in [0.29, 0.717) is 6.04 Å². The van der Waals surface area contributed by atoms with E-state index in [1.54, 1.807) is 0 Å². The molecule has 0 aliphatic heterocycles. The molecule has 3 heteroatoms. The summed E-state index contributed by atoms with van der Waals surface area (Å²) in [6, 6.07) is 0.556. The van der Waals surface area contributed by atoms with Gasteiger partial charge < -0.3 is 9.88 Å². The van der Waals surface area contributed by atoms with Crippen LogP contribution in [0.1, 0.15) is 46.0 Å². The summed E-state index contributed by atoms with van der Waals surface area (Å²) in [5, 5.41) is 3.57. The van der Waals surface area contributed by atoms with Crippen molar-refractivity contribution in [3.63, 3.8) is 0 Å². The molecule has 0 bridgehead atoms. The Kier molecular flexibility index (Phi) is 3.86. The molecular weight excluding hydrogens is 198 g/mol. The summed E-state index contributed by atoms with van der Waals surface area (Å²) < 4.78 is 2.21. The predicted molar refractivity (Wildman–Crippen MR) is 67.6 cm³/mol. The van der Waals surface area contributed by atoms with Crippen molar-refractivity contribution in [2.45, 2.75) is 58.5 Å². The van der Waals surface area contributed by atoms with Gasteiger partial charge in [-0.05, 0) is 32.1 Å². The second-order valence-corrected chi connectivity index (χ2v) is 4.92. The predicted octanol–water partition coefficient (Wildman–Crippen LogP) is 3.28. The molecule has 90 valence electrons. The van der Waals surface area contributed by atoms with Gasteiger partial charge in [-0.25, -0.2) is 4.98 Å². The third kappa shape index (κ3) is 2.57. The molecule has 1 aromatic heterocycles. The first-order valence-corrected chi connectivity index (χ1v) is 6.59. The van der Waals surface area contributed by atoms with Crippen LogP contribution in [0.15, 0.2) is 12.4 Å². The van der Waals surface area contributed by atoms with Gasteiger partial charge in [0, 0.05) is 25.0 Å². The zero-order valence-corrected chi connectivity index (χ0v) is 10.4. The summed E-state index contributed by atoms with van der Waals surface area (Å²) >= 11 is 0. The average Bonchev–Trinajstić information content (AvgIpc) is 2.90. The lowest BCUT2D eigenvalue weighted by molar-refractivity contribution is 0.477. The number of aryl methyl sites for hydroxylation is 1. The smallest absolute Gasteiger partial charge is 0.202 e. The molecule has 1 aliphatic carbocycles. The maximum absolute atomic E-state index is 4.40. The molecule has 1 aromatic rings. The molecule has 16 heavy (non-hydrogen) atoms. The molecule has 0 aromatic carbocycles. The van der Waals surface area contributed by atoms with E-state index in [1.807, 2.05) is 6.20 Å². The highest BCUT2D eigenvalue weighted by Gasteiger charge is 2.22. The van der Waals surface area contributed by atoms with Gasteiger partial charge in [-0.2, -0.15) is 0 Å². The van der Waals surface area contributed by atoms with Crippen molar-refractivity contribution in [1.29, 1.82) is 0 Å².